The number of benzene rings is 1. The number of aliphatic hydroxyl groups is 2. The van der Waals surface area contributed by atoms with E-state index < -0.39 is 11.5 Å². The summed E-state index contributed by atoms with van der Waals surface area (Å²) in [6, 6.07) is 6.85. The van der Waals surface area contributed by atoms with Crippen molar-refractivity contribution in [2.45, 2.75) is 51.6 Å². The Kier molecular flexibility index (Phi) is 6.41. The zero-order chi connectivity index (χ0) is 23.8. The van der Waals surface area contributed by atoms with Crippen LogP contribution in [-0.4, -0.2) is 45.5 Å². The third kappa shape index (κ3) is 4.21. The van der Waals surface area contributed by atoms with E-state index in [9.17, 15) is 20.1 Å². The number of hydrogen-bond acceptors (Lipinski definition) is 7. The van der Waals surface area contributed by atoms with Crippen molar-refractivity contribution in [3.05, 3.63) is 34.8 Å². The number of hydrogen-bond donors (Lipinski definition) is 5. The van der Waals surface area contributed by atoms with Gasteiger partial charge in [-0.2, -0.15) is 0 Å². The predicted molar refractivity (Wildman–Crippen MR) is 128 cm³/mol. The molecule has 5 N–H and O–H groups in total. The Morgan fingerprint density at radius 3 is 2.88 bits per heavy atom. The second-order valence-corrected chi connectivity index (χ2v) is 10.8. The number of aromatic nitrogens is 1. The number of aromatic hydroxyl groups is 1. The average Bonchev–Trinajstić information content (AvgIpc) is 3.18. The van der Waals surface area contributed by atoms with Crippen LogP contribution in [-0.2, 0) is 11.2 Å². The number of fused-ring (bicyclic) bond motifs is 2. The molecule has 176 valence electrons. The summed E-state index contributed by atoms with van der Waals surface area (Å²) in [5, 5.41) is 37.7. The molecule has 33 heavy (non-hydrogen) atoms. The molecule has 1 heterocycles. The Morgan fingerprint density at radius 1 is 1.39 bits per heavy atom. The molecule has 1 aromatic heterocycles. The quantitative estimate of drug-likeness (QED) is 0.415. The standard InChI is InChI=1S/C25H31N3O4S/c1-4-10-26-21(32)12-17-22-18(33-23(28-22)27-15-6-5-7-16(30)11-15)13-19-24(17,2)9-8-20(31)25(19,3)14-29/h1,5-7,11,17,19-20,29-31H,8-10,12-14H2,2-3H3,(H,26,32)(H,27,28)/t17-,19+,20-,24+,25+/m1/s1. The van der Waals surface area contributed by atoms with E-state index >= 15 is 0 Å². The molecule has 0 aliphatic heterocycles. The minimum atomic E-state index is -0.666. The van der Waals surface area contributed by atoms with Gasteiger partial charge in [0.25, 0.3) is 0 Å². The third-order valence-corrected chi connectivity index (χ3v) is 8.78. The Morgan fingerprint density at radius 2 is 2.18 bits per heavy atom. The second kappa shape index (κ2) is 8.98. The zero-order valence-corrected chi connectivity index (χ0v) is 19.8. The summed E-state index contributed by atoms with van der Waals surface area (Å²) < 4.78 is 0. The molecule has 0 bridgehead atoms. The Bertz CT molecular complexity index is 1080. The highest BCUT2D eigenvalue weighted by Crippen LogP contribution is 2.62. The molecule has 5 atom stereocenters. The van der Waals surface area contributed by atoms with Crippen molar-refractivity contribution < 1.29 is 20.1 Å². The third-order valence-electron chi connectivity index (χ3n) is 7.77. The van der Waals surface area contributed by atoms with Crippen molar-refractivity contribution in [2.24, 2.45) is 16.7 Å². The van der Waals surface area contributed by atoms with Crippen LogP contribution < -0.4 is 10.6 Å². The molecule has 0 radical (unpaired) electrons. The molecule has 2 aliphatic carbocycles. The van der Waals surface area contributed by atoms with Crippen LogP contribution in [0.5, 0.6) is 5.75 Å². The average molecular weight is 470 g/mol. The fourth-order valence-electron chi connectivity index (χ4n) is 5.81. The molecule has 0 saturated heterocycles. The lowest BCUT2D eigenvalue weighted by Crippen LogP contribution is -2.57. The number of rotatable bonds is 6. The molecule has 7 nitrogen and oxygen atoms in total. The number of nitrogens with one attached hydrogen (secondary N) is 2. The number of carbonyl (C=O) groups excluding carboxylic acids is 1. The van der Waals surface area contributed by atoms with Gasteiger partial charge in [0.05, 0.1) is 24.9 Å². The van der Waals surface area contributed by atoms with Gasteiger partial charge in [0.1, 0.15) is 5.75 Å². The van der Waals surface area contributed by atoms with Gasteiger partial charge in [0, 0.05) is 34.4 Å². The van der Waals surface area contributed by atoms with Crippen LogP contribution in [0.3, 0.4) is 0 Å². The lowest BCUT2D eigenvalue weighted by Gasteiger charge is -2.58. The summed E-state index contributed by atoms with van der Waals surface area (Å²) in [6.45, 7) is 4.17. The lowest BCUT2D eigenvalue weighted by molar-refractivity contribution is -0.144. The van der Waals surface area contributed by atoms with E-state index in [-0.39, 0.29) is 48.5 Å². The largest absolute Gasteiger partial charge is 0.508 e. The monoisotopic (exact) mass is 469 g/mol. The lowest BCUT2D eigenvalue weighted by atomic mass is 9.47. The molecule has 2 aromatic rings. The van der Waals surface area contributed by atoms with Crippen LogP contribution in [0.1, 0.15) is 49.6 Å². The first kappa shape index (κ1) is 23.6. The predicted octanol–water partition coefficient (Wildman–Crippen LogP) is 3.15. The topological polar surface area (TPSA) is 115 Å². The highest BCUT2D eigenvalue weighted by atomic mass is 32.1. The van der Waals surface area contributed by atoms with Crippen molar-refractivity contribution in [3.8, 4) is 18.1 Å². The SMILES string of the molecule is C#CCNC(=O)C[C@@H]1c2nc(Nc3cccc(O)c3)sc2C[C@@H]2[C@](C)(CO)[C@H](O)CC[C@]21C. The van der Waals surface area contributed by atoms with E-state index in [0.717, 1.165) is 22.7 Å². The molecule has 0 spiro atoms. The van der Waals surface area contributed by atoms with E-state index in [1.54, 1.807) is 18.2 Å². The molecule has 1 fully saturated rings. The normalized spacial score (nSPS) is 30.6. The second-order valence-electron chi connectivity index (χ2n) is 9.72. The van der Waals surface area contributed by atoms with Crippen molar-refractivity contribution >= 4 is 28.1 Å². The van der Waals surface area contributed by atoms with Crippen molar-refractivity contribution in [2.75, 3.05) is 18.5 Å². The van der Waals surface area contributed by atoms with E-state index in [1.807, 2.05) is 13.0 Å². The van der Waals surface area contributed by atoms with Crippen molar-refractivity contribution in [1.82, 2.24) is 10.3 Å². The number of aliphatic hydroxyl groups excluding tert-OH is 2. The smallest absolute Gasteiger partial charge is 0.221 e. The molecular weight excluding hydrogens is 438 g/mol. The Hall–Kier alpha value is -2.60. The van der Waals surface area contributed by atoms with Gasteiger partial charge in [-0.15, -0.1) is 17.8 Å². The number of phenols is 1. The number of phenolic OH excluding ortho intramolecular Hbond substituents is 1. The maximum Gasteiger partial charge on any atom is 0.221 e. The van der Waals surface area contributed by atoms with Gasteiger partial charge in [-0.1, -0.05) is 25.8 Å². The molecule has 4 rings (SSSR count). The fraction of sp³-hybridized carbons (Fsp3) is 0.520. The number of nitrogens with zero attached hydrogens (tertiary/aromatic N) is 1. The van der Waals surface area contributed by atoms with E-state index in [0.29, 0.717) is 18.0 Å². The molecule has 8 heteroatoms. The molecule has 1 saturated carbocycles. The van der Waals surface area contributed by atoms with Crippen molar-refractivity contribution in [1.29, 1.82) is 0 Å². The van der Waals surface area contributed by atoms with Crippen LogP contribution in [0.15, 0.2) is 24.3 Å². The molecule has 1 aromatic carbocycles. The zero-order valence-electron chi connectivity index (χ0n) is 19.0. The highest BCUT2D eigenvalue weighted by molar-refractivity contribution is 7.15. The highest BCUT2D eigenvalue weighted by Gasteiger charge is 2.59. The number of carbonyl (C=O) groups is 1. The molecule has 0 unspecified atom stereocenters. The maximum absolute atomic E-state index is 12.8. The van der Waals surface area contributed by atoms with Crippen LogP contribution >= 0.6 is 11.3 Å². The van der Waals surface area contributed by atoms with Gasteiger partial charge >= 0.3 is 0 Å². The Balaban J connectivity index is 1.74. The molecule has 1 amide bonds. The fourth-order valence-corrected chi connectivity index (χ4v) is 6.90. The first-order valence-corrected chi connectivity index (χ1v) is 12.1. The van der Waals surface area contributed by atoms with Crippen LogP contribution in [0.25, 0.3) is 0 Å². The minimum absolute atomic E-state index is 0.00856. The number of amides is 1. The van der Waals surface area contributed by atoms with Crippen LogP contribution in [0, 0.1) is 29.1 Å². The van der Waals surface area contributed by atoms with Crippen LogP contribution in [0.2, 0.25) is 0 Å². The van der Waals surface area contributed by atoms with Gasteiger partial charge in [-0.25, -0.2) is 4.98 Å². The first-order valence-electron chi connectivity index (χ1n) is 11.3. The number of anilines is 2. The van der Waals surface area contributed by atoms with E-state index in [4.69, 9.17) is 11.4 Å². The Labute approximate surface area is 198 Å². The summed E-state index contributed by atoms with van der Waals surface area (Å²) in [5.41, 5.74) is 0.645. The van der Waals surface area contributed by atoms with Gasteiger partial charge < -0.3 is 26.0 Å². The summed E-state index contributed by atoms with van der Waals surface area (Å²) in [6.07, 6.45) is 6.96. The summed E-state index contributed by atoms with van der Waals surface area (Å²) >= 11 is 1.52. The maximum atomic E-state index is 12.8. The van der Waals surface area contributed by atoms with Gasteiger partial charge in [0.15, 0.2) is 5.13 Å². The number of terminal acetylenes is 1. The van der Waals surface area contributed by atoms with Gasteiger partial charge in [-0.05, 0) is 42.7 Å². The summed E-state index contributed by atoms with van der Waals surface area (Å²) in [4.78, 5) is 18.7. The van der Waals surface area contributed by atoms with Gasteiger partial charge in [0.2, 0.25) is 5.91 Å². The first-order chi connectivity index (χ1) is 15.7. The summed E-state index contributed by atoms with van der Waals surface area (Å²) in [7, 11) is 0. The van der Waals surface area contributed by atoms with Crippen molar-refractivity contribution in [3.63, 3.8) is 0 Å². The van der Waals surface area contributed by atoms with Crippen LogP contribution in [0.4, 0.5) is 10.8 Å². The molecule has 2 aliphatic rings. The van der Waals surface area contributed by atoms with E-state index in [2.05, 4.69) is 23.5 Å². The van der Waals surface area contributed by atoms with E-state index in [1.165, 1.54) is 11.3 Å². The summed E-state index contributed by atoms with van der Waals surface area (Å²) in [5.74, 6) is 2.30. The number of thiazole rings is 1. The minimum Gasteiger partial charge on any atom is -0.508 e. The van der Waals surface area contributed by atoms with Gasteiger partial charge in [-0.3, -0.25) is 4.79 Å². The molecular formula is C25H31N3O4S.